The van der Waals surface area contributed by atoms with Crippen LogP contribution < -0.4 is 5.32 Å². The molecule has 0 unspecified atom stereocenters. The van der Waals surface area contributed by atoms with E-state index in [0.717, 1.165) is 12.3 Å². The molecule has 0 aliphatic heterocycles. The van der Waals surface area contributed by atoms with Gasteiger partial charge in [-0.25, -0.2) is 0 Å². The first kappa shape index (κ1) is 17.6. The number of nitrogens with one attached hydrogen (secondary N) is 1. The summed E-state index contributed by atoms with van der Waals surface area (Å²) in [4.78, 5) is 11.7. The van der Waals surface area contributed by atoms with E-state index < -0.39 is 29.9 Å². The van der Waals surface area contributed by atoms with Gasteiger partial charge >= 0.3 is 6.18 Å². The van der Waals surface area contributed by atoms with Crippen LogP contribution in [-0.4, -0.2) is 23.7 Å². The second-order valence-corrected chi connectivity index (χ2v) is 4.96. The molecule has 7 heteroatoms. The minimum Gasteiger partial charge on any atom is -0.466 e. The van der Waals surface area contributed by atoms with E-state index in [1.54, 1.807) is 24.3 Å². The van der Waals surface area contributed by atoms with Crippen LogP contribution in [0.1, 0.15) is 17.7 Å². The molecule has 4 nitrogen and oxygen atoms in total. The Kier molecular flexibility index (Phi) is 5.31. The third kappa shape index (κ3) is 4.18. The van der Waals surface area contributed by atoms with Crippen molar-refractivity contribution in [3.05, 3.63) is 60.1 Å². The summed E-state index contributed by atoms with van der Waals surface area (Å²) in [6.45, 7) is -0.139. The van der Waals surface area contributed by atoms with Gasteiger partial charge in [-0.3, -0.25) is 4.79 Å². The first-order valence-corrected chi connectivity index (χ1v) is 6.96. The van der Waals surface area contributed by atoms with Crippen molar-refractivity contribution < 1.29 is 27.5 Å². The quantitative estimate of drug-likeness (QED) is 0.843. The Morgan fingerprint density at radius 3 is 2.46 bits per heavy atom. The molecule has 1 heterocycles. The molecule has 126 valence electrons. The van der Waals surface area contributed by atoms with Crippen LogP contribution in [-0.2, 0) is 10.4 Å². The maximum atomic E-state index is 13.1. The van der Waals surface area contributed by atoms with Crippen LogP contribution >= 0.6 is 0 Å². The Hall–Kier alpha value is -2.72. The van der Waals surface area contributed by atoms with Gasteiger partial charge in [0.05, 0.1) is 19.2 Å². The number of hydrogen-bond donors (Lipinski definition) is 2. The van der Waals surface area contributed by atoms with Crippen molar-refractivity contribution >= 4 is 5.91 Å². The molecule has 2 N–H and O–H groups in total. The number of benzene rings is 1. The van der Waals surface area contributed by atoms with Crippen molar-refractivity contribution in [1.29, 1.82) is 0 Å². The molecule has 1 amide bonds. The van der Waals surface area contributed by atoms with Crippen LogP contribution in [0.15, 0.2) is 53.1 Å². The van der Waals surface area contributed by atoms with Gasteiger partial charge in [0.25, 0.3) is 0 Å². The zero-order valence-corrected chi connectivity index (χ0v) is 12.4. The predicted molar refractivity (Wildman–Crippen MR) is 79.6 cm³/mol. The maximum absolute atomic E-state index is 13.1. The Labute approximate surface area is 136 Å². The summed E-state index contributed by atoms with van der Waals surface area (Å²) < 4.78 is 44.0. The second-order valence-electron chi connectivity index (χ2n) is 4.96. The van der Waals surface area contributed by atoms with Crippen LogP contribution in [0.5, 0.6) is 0 Å². The lowest BCUT2D eigenvalue weighted by Gasteiger charge is -2.27. The number of furan rings is 1. The molecule has 0 saturated heterocycles. The molecule has 0 aliphatic rings. The van der Waals surface area contributed by atoms with E-state index in [0.29, 0.717) is 5.56 Å². The minimum absolute atomic E-state index is 0.139. The van der Waals surface area contributed by atoms with Crippen molar-refractivity contribution in [3.63, 3.8) is 0 Å². The van der Waals surface area contributed by atoms with Gasteiger partial charge < -0.3 is 14.8 Å². The molecule has 24 heavy (non-hydrogen) atoms. The van der Waals surface area contributed by atoms with E-state index in [1.807, 2.05) is 6.07 Å². The molecular formula is C17H14F3NO3. The zero-order valence-electron chi connectivity index (χ0n) is 12.4. The zero-order chi connectivity index (χ0) is 17.6. The van der Waals surface area contributed by atoms with E-state index in [-0.39, 0.29) is 6.54 Å². The molecule has 0 saturated carbocycles. The third-order valence-electron chi connectivity index (χ3n) is 3.19. The molecule has 0 fully saturated rings. The fourth-order valence-corrected chi connectivity index (χ4v) is 1.95. The van der Waals surface area contributed by atoms with Gasteiger partial charge in [0.2, 0.25) is 11.5 Å². The number of hydrogen-bond acceptors (Lipinski definition) is 3. The summed E-state index contributed by atoms with van der Waals surface area (Å²) in [5, 5.41) is 12.1. The highest BCUT2D eigenvalue weighted by Gasteiger charge is 2.58. The van der Waals surface area contributed by atoms with Crippen LogP contribution in [0.25, 0.3) is 0 Å². The molecule has 0 spiro atoms. The van der Waals surface area contributed by atoms with Gasteiger partial charge in [0.1, 0.15) is 5.76 Å². The van der Waals surface area contributed by atoms with Gasteiger partial charge in [0, 0.05) is 5.56 Å². The third-order valence-corrected chi connectivity index (χ3v) is 3.19. The van der Waals surface area contributed by atoms with Crippen molar-refractivity contribution in [2.45, 2.75) is 18.2 Å². The highest BCUT2D eigenvalue weighted by Crippen LogP contribution is 2.41. The largest absolute Gasteiger partial charge is 0.466 e. The molecule has 1 aromatic carbocycles. The Morgan fingerprint density at radius 1 is 1.17 bits per heavy atom. The van der Waals surface area contributed by atoms with Crippen molar-refractivity contribution in [2.24, 2.45) is 0 Å². The molecule has 1 atom stereocenters. The van der Waals surface area contributed by atoms with Gasteiger partial charge in [0.15, 0.2) is 0 Å². The predicted octanol–water partition coefficient (Wildman–Crippen LogP) is 2.59. The number of amides is 1. The first-order valence-electron chi connectivity index (χ1n) is 6.96. The number of carbonyl (C=O) groups excluding carboxylic acids is 1. The van der Waals surface area contributed by atoms with Gasteiger partial charge in [-0.05, 0) is 24.3 Å². The molecule has 0 radical (unpaired) electrons. The topological polar surface area (TPSA) is 62.5 Å². The number of carbonyl (C=O) groups is 1. The monoisotopic (exact) mass is 337 g/mol. The van der Waals surface area contributed by atoms with E-state index >= 15 is 0 Å². The first-order chi connectivity index (χ1) is 11.3. The van der Waals surface area contributed by atoms with Gasteiger partial charge in [-0.1, -0.05) is 30.0 Å². The van der Waals surface area contributed by atoms with E-state index in [9.17, 15) is 23.1 Å². The number of alkyl halides is 3. The average molecular weight is 337 g/mol. The van der Waals surface area contributed by atoms with Crippen LogP contribution in [0, 0.1) is 11.8 Å². The lowest BCUT2D eigenvalue weighted by atomic mass is 9.95. The van der Waals surface area contributed by atoms with Gasteiger partial charge in [-0.2, -0.15) is 13.2 Å². The molecular weight excluding hydrogens is 323 g/mol. The van der Waals surface area contributed by atoms with E-state index in [4.69, 9.17) is 0 Å². The normalized spacial score (nSPS) is 13.5. The summed E-state index contributed by atoms with van der Waals surface area (Å²) in [7, 11) is 0. The minimum atomic E-state index is -5.06. The summed E-state index contributed by atoms with van der Waals surface area (Å²) in [6, 6.07) is 11.1. The highest BCUT2D eigenvalue weighted by atomic mass is 19.4. The van der Waals surface area contributed by atoms with Gasteiger partial charge in [-0.15, -0.1) is 0 Å². The number of aliphatic hydroxyl groups is 1. The summed E-state index contributed by atoms with van der Waals surface area (Å²) in [5.74, 6) is 3.65. The molecule has 1 aromatic heterocycles. The molecule has 2 aromatic rings. The lowest BCUT2D eigenvalue weighted by molar-refractivity contribution is -0.273. The molecule has 2 rings (SSSR count). The van der Waals surface area contributed by atoms with E-state index in [2.05, 4.69) is 21.6 Å². The standard InChI is InChI=1S/C17H14F3NO3/c18-17(19,20)16(23,14-9-5-11-24-14)12-15(22)21-10-4-8-13-6-2-1-3-7-13/h1-3,5-7,9,11,23H,10,12H2,(H,21,22)/t16-/m0/s1. The smallest absolute Gasteiger partial charge is 0.425 e. The highest BCUT2D eigenvalue weighted by molar-refractivity contribution is 5.77. The number of rotatable bonds is 4. The second kappa shape index (κ2) is 7.23. The summed E-state index contributed by atoms with van der Waals surface area (Å²) in [6.07, 6.45) is -5.27. The summed E-state index contributed by atoms with van der Waals surface area (Å²) >= 11 is 0. The lowest BCUT2D eigenvalue weighted by Crippen LogP contribution is -2.46. The van der Waals surface area contributed by atoms with E-state index in [1.165, 1.54) is 6.07 Å². The number of halogens is 3. The van der Waals surface area contributed by atoms with Crippen LogP contribution in [0.2, 0.25) is 0 Å². The maximum Gasteiger partial charge on any atom is 0.425 e. The fraction of sp³-hybridized carbons (Fsp3) is 0.235. The average Bonchev–Trinajstić information content (AvgIpc) is 3.06. The Bertz CT molecular complexity index is 730. The van der Waals surface area contributed by atoms with Crippen LogP contribution in [0.4, 0.5) is 13.2 Å². The molecule has 0 bridgehead atoms. The summed E-state index contributed by atoms with van der Waals surface area (Å²) in [5.41, 5.74) is -2.66. The fourth-order valence-electron chi connectivity index (χ4n) is 1.95. The SMILES string of the molecule is O=C(C[C@](O)(c1ccco1)C(F)(F)F)NCC#Cc1ccccc1. The molecule has 0 aliphatic carbocycles. The Balaban J connectivity index is 1.98. The van der Waals surface area contributed by atoms with Crippen molar-refractivity contribution in [2.75, 3.05) is 6.54 Å². The van der Waals surface area contributed by atoms with Crippen molar-refractivity contribution in [3.8, 4) is 11.8 Å². The van der Waals surface area contributed by atoms with Crippen molar-refractivity contribution in [1.82, 2.24) is 5.32 Å². The Morgan fingerprint density at radius 2 is 1.88 bits per heavy atom. The van der Waals surface area contributed by atoms with Crippen LogP contribution in [0.3, 0.4) is 0 Å².